The minimum atomic E-state index is -4.61. The number of nitrogens with zero attached hydrogens (tertiary/aromatic N) is 1. The summed E-state index contributed by atoms with van der Waals surface area (Å²) in [5.74, 6) is -1.62. The molecule has 2 aromatic carbocycles. The molecule has 3 aromatic rings. The molecule has 0 aliphatic heterocycles. The number of aromatic nitrogens is 1. The van der Waals surface area contributed by atoms with E-state index in [1.807, 2.05) is 36.0 Å². The maximum atomic E-state index is 13.0. The van der Waals surface area contributed by atoms with Gasteiger partial charge < -0.3 is 14.6 Å². The summed E-state index contributed by atoms with van der Waals surface area (Å²) >= 11 is 0. The predicted molar refractivity (Wildman–Crippen MR) is 101 cm³/mol. The number of amides is 1. The van der Waals surface area contributed by atoms with Crippen molar-refractivity contribution < 1.29 is 27.5 Å². The molecular formula is C21H17F3N2O3. The molecule has 150 valence electrons. The Labute approximate surface area is 164 Å². The highest BCUT2D eigenvalue weighted by Gasteiger charge is 2.33. The lowest BCUT2D eigenvalue weighted by molar-refractivity contribution is -0.137. The smallest absolute Gasteiger partial charge is 0.418 e. The van der Waals surface area contributed by atoms with Gasteiger partial charge in [-0.25, -0.2) is 4.79 Å². The third-order valence-electron chi connectivity index (χ3n) is 4.17. The van der Waals surface area contributed by atoms with Crippen LogP contribution in [0.4, 0.5) is 18.9 Å². The zero-order valence-corrected chi connectivity index (χ0v) is 15.4. The molecule has 1 N–H and O–H groups in total. The standard InChI is InChI=1S/C21H17F3N2O3/c1-14-8-9-15(12-18(14)26-10-4-5-11-26)20(28)29-13-19(27)25-17-7-3-2-6-16(17)21(22,23)24/h2-12H,13H2,1H3,(H,25,27). The molecule has 0 aliphatic carbocycles. The van der Waals surface area contributed by atoms with E-state index in [9.17, 15) is 22.8 Å². The van der Waals surface area contributed by atoms with Gasteiger partial charge in [-0.3, -0.25) is 4.79 Å². The van der Waals surface area contributed by atoms with E-state index in [0.717, 1.165) is 23.4 Å². The zero-order valence-electron chi connectivity index (χ0n) is 15.4. The SMILES string of the molecule is Cc1ccc(C(=O)OCC(=O)Nc2ccccc2C(F)(F)F)cc1-n1cccc1. The summed E-state index contributed by atoms with van der Waals surface area (Å²) in [5.41, 5.74) is 0.552. The molecule has 29 heavy (non-hydrogen) atoms. The van der Waals surface area contributed by atoms with Crippen molar-refractivity contribution in [1.29, 1.82) is 0 Å². The van der Waals surface area contributed by atoms with Crippen LogP contribution in [0.25, 0.3) is 5.69 Å². The van der Waals surface area contributed by atoms with E-state index in [-0.39, 0.29) is 5.56 Å². The van der Waals surface area contributed by atoms with Crippen molar-refractivity contribution in [1.82, 2.24) is 4.57 Å². The first-order valence-corrected chi connectivity index (χ1v) is 8.63. The lowest BCUT2D eigenvalue weighted by atomic mass is 10.1. The lowest BCUT2D eigenvalue weighted by Crippen LogP contribution is -2.22. The van der Waals surface area contributed by atoms with Crippen molar-refractivity contribution >= 4 is 17.6 Å². The molecule has 5 nitrogen and oxygen atoms in total. The van der Waals surface area contributed by atoms with Crippen LogP contribution < -0.4 is 5.32 Å². The summed E-state index contributed by atoms with van der Waals surface area (Å²) in [7, 11) is 0. The second-order valence-corrected chi connectivity index (χ2v) is 6.26. The summed E-state index contributed by atoms with van der Waals surface area (Å²) in [6, 6.07) is 13.2. The Hall–Kier alpha value is -3.55. The number of esters is 1. The number of carbonyl (C=O) groups excluding carboxylic acids is 2. The van der Waals surface area contributed by atoms with E-state index in [1.165, 1.54) is 12.1 Å². The summed E-state index contributed by atoms with van der Waals surface area (Å²) < 4.78 is 45.7. The lowest BCUT2D eigenvalue weighted by Gasteiger charge is -2.14. The minimum absolute atomic E-state index is 0.225. The van der Waals surface area contributed by atoms with E-state index in [1.54, 1.807) is 18.2 Å². The molecule has 0 fully saturated rings. The molecule has 0 aliphatic rings. The zero-order chi connectivity index (χ0) is 21.0. The minimum Gasteiger partial charge on any atom is -0.452 e. The van der Waals surface area contributed by atoms with Gasteiger partial charge in [0.15, 0.2) is 6.61 Å². The first kappa shape index (κ1) is 20.2. The van der Waals surface area contributed by atoms with Crippen LogP contribution >= 0.6 is 0 Å². The Kier molecular flexibility index (Phi) is 5.72. The Morgan fingerprint density at radius 1 is 1.03 bits per heavy atom. The molecule has 0 unspecified atom stereocenters. The molecule has 0 atom stereocenters. The summed E-state index contributed by atoms with van der Waals surface area (Å²) in [4.78, 5) is 24.2. The average Bonchev–Trinajstić information content (AvgIpc) is 3.20. The Balaban J connectivity index is 1.66. The Bertz CT molecular complexity index is 1030. The number of para-hydroxylation sites is 1. The predicted octanol–water partition coefficient (Wildman–Crippen LogP) is 4.60. The van der Waals surface area contributed by atoms with Gasteiger partial charge in [-0.2, -0.15) is 13.2 Å². The Morgan fingerprint density at radius 2 is 1.72 bits per heavy atom. The van der Waals surface area contributed by atoms with Crippen LogP contribution in [0.3, 0.4) is 0 Å². The largest absolute Gasteiger partial charge is 0.452 e. The maximum Gasteiger partial charge on any atom is 0.418 e. The van der Waals surface area contributed by atoms with E-state index in [0.29, 0.717) is 0 Å². The van der Waals surface area contributed by atoms with Gasteiger partial charge in [-0.15, -0.1) is 0 Å². The van der Waals surface area contributed by atoms with Gasteiger partial charge in [-0.1, -0.05) is 18.2 Å². The number of nitrogens with one attached hydrogen (secondary N) is 1. The number of benzene rings is 2. The van der Waals surface area contributed by atoms with Gasteiger partial charge in [0.1, 0.15) is 0 Å². The quantitative estimate of drug-likeness (QED) is 0.635. The highest BCUT2D eigenvalue weighted by molar-refractivity contribution is 5.96. The number of anilines is 1. The van der Waals surface area contributed by atoms with E-state index < -0.39 is 35.9 Å². The second-order valence-electron chi connectivity index (χ2n) is 6.26. The molecular weight excluding hydrogens is 385 g/mol. The van der Waals surface area contributed by atoms with Gasteiger partial charge >= 0.3 is 12.1 Å². The van der Waals surface area contributed by atoms with Crippen LogP contribution in [0, 0.1) is 6.92 Å². The first-order valence-electron chi connectivity index (χ1n) is 8.63. The molecule has 0 spiro atoms. The number of rotatable bonds is 5. The van der Waals surface area contributed by atoms with Crippen molar-refractivity contribution in [3.63, 3.8) is 0 Å². The van der Waals surface area contributed by atoms with Gasteiger partial charge in [0, 0.05) is 18.1 Å². The maximum absolute atomic E-state index is 13.0. The number of halogens is 3. The van der Waals surface area contributed by atoms with Gasteiger partial charge in [0.2, 0.25) is 0 Å². The first-order chi connectivity index (χ1) is 13.8. The summed E-state index contributed by atoms with van der Waals surface area (Å²) in [6.45, 7) is 1.17. The fourth-order valence-electron chi connectivity index (χ4n) is 2.75. The average molecular weight is 402 g/mol. The molecule has 0 saturated carbocycles. The van der Waals surface area contributed by atoms with Crippen LogP contribution in [0.5, 0.6) is 0 Å². The van der Waals surface area contributed by atoms with E-state index >= 15 is 0 Å². The van der Waals surface area contributed by atoms with Crippen molar-refractivity contribution in [2.24, 2.45) is 0 Å². The highest BCUT2D eigenvalue weighted by atomic mass is 19.4. The fraction of sp³-hybridized carbons (Fsp3) is 0.143. The van der Waals surface area contributed by atoms with Crippen molar-refractivity contribution in [3.05, 3.63) is 83.7 Å². The van der Waals surface area contributed by atoms with Crippen LogP contribution in [-0.2, 0) is 15.7 Å². The number of ether oxygens (including phenoxy) is 1. The molecule has 8 heteroatoms. The summed E-state index contributed by atoms with van der Waals surface area (Å²) in [5, 5.41) is 2.13. The van der Waals surface area contributed by atoms with Crippen molar-refractivity contribution in [3.8, 4) is 5.69 Å². The fourth-order valence-corrected chi connectivity index (χ4v) is 2.75. The van der Waals surface area contributed by atoms with Crippen LogP contribution in [0.1, 0.15) is 21.5 Å². The molecule has 1 amide bonds. The monoisotopic (exact) mass is 402 g/mol. The third kappa shape index (κ3) is 4.84. The van der Waals surface area contributed by atoms with E-state index in [4.69, 9.17) is 4.74 Å². The van der Waals surface area contributed by atoms with Crippen molar-refractivity contribution in [2.45, 2.75) is 13.1 Å². The molecule has 0 saturated heterocycles. The summed E-state index contributed by atoms with van der Waals surface area (Å²) in [6.07, 6.45) is -0.969. The normalized spacial score (nSPS) is 11.2. The molecule has 0 bridgehead atoms. The Morgan fingerprint density at radius 3 is 2.41 bits per heavy atom. The van der Waals surface area contributed by atoms with Gasteiger partial charge in [-0.05, 0) is 48.9 Å². The molecule has 1 heterocycles. The number of hydrogen-bond acceptors (Lipinski definition) is 3. The van der Waals surface area contributed by atoms with Gasteiger partial charge in [0.05, 0.1) is 16.8 Å². The third-order valence-corrected chi connectivity index (χ3v) is 4.17. The topological polar surface area (TPSA) is 60.3 Å². The number of carbonyl (C=O) groups is 2. The van der Waals surface area contributed by atoms with Crippen LogP contribution in [-0.4, -0.2) is 23.1 Å². The number of aryl methyl sites for hydroxylation is 1. The molecule has 1 aromatic heterocycles. The second kappa shape index (κ2) is 8.22. The van der Waals surface area contributed by atoms with E-state index in [2.05, 4.69) is 5.32 Å². The number of alkyl halides is 3. The van der Waals surface area contributed by atoms with Crippen LogP contribution in [0.15, 0.2) is 67.0 Å². The molecule has 3 rings (SSSR count). The number of hydrogen-bond donors (Lipinski definition) is 1. The highest BCUT2D eigenvalue weighted by Crippen LogP contribution is 2.34. The van der Waals surface area contributed by atoms with Gasteiger partial charge in [0.25, 0.3) is 5.91 Å². The van der Waals surface area contributed by atoms with Crippen LogP contribution in [0.2, 0.25) is 0 Å². The van der Waals surface area contributed by atoms with Crippen molar-refractivity contribution in [2.75, 3.05) is 11.9 Å². The molecule has 0 radical (unpaired) electrons.